The van der Waals surface area contributed by atoms with Crippen LogP contribution in [0, 0.1) is 0 Å². The van der Waals surface area contributed by atoms with Crippen LogP contribution in [0.3, 0.4) is 0 Å². The van der Waals surface area contributed by atoms with Gasteiger partial charge in [0, 0.05) is 7.11 Å². The molecule has 5 nitrogen and oxygen atoms in total. The molecule has 0 heterocycles. The minimum absolute atomic E-state index is 0.0342. The van der Waals surface area contributed by atoms with Crippen LogP contribution in [-0.2, 0) is 14.3 Å². The van der Waals surface area contributed by atoms with Gasteiger partial charge in [-0.3, -0.25) is 4.79 Å². The second-order valence-corrected chi connectivity index (χ2v) is 1.57. The van der Waals surface area contributed by atoms with Crippen molar-refractivity contribution in [2.75, 3.05) is 13.7 Å². The summed E-state index contributed by atoms with van der Waals surface area (Å²) in [6.45, 7) is 0.0342. The summed E-state index contributed by atoms with van der Waals surface area (Å²) in [6.07, 6.45) is -1.41. The van der Waals surface area contributed by atoms with E-state index in [0.29, 0.717) is 6.29 Å². The van der Waals surface area contributed by atoms with Crippen LogP contribution < -0.4 is 5.73 Å². The molecule has 0 spiro atoms. The third-order valence-corrected chi connectivity index (χ3v) is 0.750. The molecule has 1 unspecified atom stereocenters. The van der Waals surface area contributed by atoms with Crippen molar-refractivity contribution in [3.05, 3.63) is 0 Å². The zero-order valence-corrected chi connectivity index (χ0v) is 5.57. The predicted octanol–water partition coefficient (Wildman–Crippen LogP) is -0.704. The Morgan fingerprint density at radius 1 is 1.80 bits per heavy atom. The summed E-state index contributed by atoms with van der Waals surface area (Å²) >= 11 is 0. The topological polar surface area (TPSA) is 78.6 Å². The fourth-order valence-electron chi connectivity index (χ4n) is 0.415. The lowest BCUT2D eigenvalue weighted by atomic mass is 10.4. The van der Waals surface area contributed by atoms with Gasteiger partial charge in [0.05, 0.1) is 6.61 Å². The number of nitrogens with two attached hydrogens (primary N) is 1. The van der Waals surface area contributed by atoms with Crippen molar-refractivity contribution in [1.82, 2.24) is 0 Å². The van der Waals surface area contributed by atoms with Crippen molar-refractivity contribution in [2.45, 2.75) is 6.10 Å². The van der Waals surface area contributed by atoms with Gasteiger partial charge in [-0.1, -0.05) is 0 Å². The van der Waals surface area contributed by atoms with Crippen molar-refractivity contribution in [2.24, 2.45) is 5.73 Å². The standard InChI is InChI=1S/C5H9NO4/c1-9-3-4(2-7)10-5(6)8/h2,4H,3H2,1H3,(H2,6,8). The molecule has 1 atom stereocenters. The van der Waals surface area contributed by atoms with Gasteiger partial charge in [0.25, 0.3) is 0 Å². The van der Waals surface area contributed by atoms with Gasteiger partial charge in [-0.2, -0.15) is 0 Å². The second-order valence-electron chi connectivity index (χ2n) is 1.57. The average molecular weight is 147 g/mol. The third kappa shape index (κ3) is 3.85. The molecule has 0 rings (SSSR count). The van der Waals surface area contributed by atoms with E-state index in [0.717, 1.165) is 0 Å². The lowest BCUT2D eigenvalue weighted by Gasteiger charge is -2.07. The number of amides is 1. The summed E-state index contributed by atoms with van der Waals surface area (Å²) in [4.78, 5) is 20.0. The summed E-state index contributed by atoms with van der Waals surface area (Å²) < 4.78 is 8.82. The molecule has 0 aromatic heterocycles. The Morgan fingerprint density at radius 3 is 2.70 bits per heavy atom. The van der Waals surface area contributed by atoms with Gasteiger partial charge < -0.3 is 15.2 Å². The average Bonchev–Trinajstić information content (AvgIpc) is 1.86. The van der Waals surface area contributed by atoms with Crippen LogP contribution in [-0.4, -0.2) is 32.2 Å². The SMILES string of the molecule is COCC(C=O)OC(N)=O. The summed E-state index contributed by atoms with van der Waals surface area (Å²) in [5.74, 6) is 0. The van der Waals surface area contributed by atoms with Gasteiger partial charge >= 0.3 is 6.09 Å². The minimum Gasteiger partial charge on any atom is -0.436 e. The summed E-state index contributed by atoms with van der Waals surface area (Å²) in [6, 6.07) is 0. The van der Waals surface area contributed by atoms with Crippen molar-refractivity contribution in [1.29, 1.82) is 0 Å². The third-order valence-electron chi connectivity index (χ3n) is 0.750. The molecule has 0 saturated carbocycles. The number of rotatable bonds is 4. The molecular weight excluding hydrogens is 138 g/mol. The first kappa shape index (κ1) is 8.90. The van der Waals surface area contributed by atoms with Crippen LogP contribution in [0.15, 0.2) is 0 Å². The van der Waals surface area contributed by atoms with Gasteiger partial charge in [-0.15, -0.1) is 0 Å². The van der Waals surface area contributed by atoms with E-state index in [9.17, 15) is 9.59 Å². The predicted molar refractivity (Wildman–Crippen MR) is 32.4 cm³/mol. The molecule has 5 heteroatoms. The molecule has 0 bridgehead atoms. The van der Waals surface area contributed by atoms with E-state index >= 15 is 0 Å². The van der Waals surface area contributed by atoms with Crippen molar-refractivity contribution in [3.8, 4) is 0 Å². The molecule has 0 aromatic carbocycles. The number of carbonyl (C=O) groups is 2. The molecule has 0 fully saturated rings. The maximum Gasteiger partial charge on any atom is 0.405 e. The van der Waals surface area contributed by atoms with Crippen molar-refractivity contribution >= 4 is 12.4 Å². The highest BCUT2D eigenvalue weighted by Crippen LogP contribution is 1.87. The number of aldehydes is 1. The number of primary amides is 1. The molecule has 0 saturated heterocycles. The summed E-state index contributed by atoms with van der Waals surface area (Å²) in [5.41, 5.74) is 4.62. The quantitative estimate of drug-likeness (QED) is 0.533. The molecular formula is C5H9NO4. The number of carbonyl (C=O) groups excluding carboxylic acids is 2. The van der Waals surface area contributed by atoms with E-state index < -0.39 is 12.2 Å². The highest BCUT2D eigenvalue weighted by molar-refractivity contribution is 5.69. The maximum absolute atomic E-state index is 10.0. The number of hydrogen-bond acceptors (Lipinski definition) is 4. The van der Waals surface area contributed by atoms with Gasteiger partial charge in [-0.25, -0.2) is 4.79 Å². The Hall–Kier alpha value is -1.10. The Bertz CT molecular complexity index is 125. The van der Waals surface area contributed by atoms with E-state index in [4.69, 9.17) is 0 Å². The largest absolute Gasteiger partial charge is 0.436 e. The minimum atomic E-state index is -0.978. The molecule has 58 valence electrons. The first-order valence-electron chi connectivity index (χ1n) is 2.61. The van der Waals surface area contributed by atoms with Gasteiger partial charge in [0.1, 0.15) is 0 Å². The molecule has 10 heavy (non-hydrogen) atoms. The Kier molecular flexibility index (Phi) is 4.23. The van der Waals surface area contributed by atoms with E-state index in [1.807, 2.05) is 0 Å². The molecule has 0 radical (unpaired) electrons. The van der Waals surface area contributed by atoms with E-state index in [1.165, 1.54) is 7.11 Å². The van der Waals surface area contributed by atoms with Crippen molar-refractivity contribution < 1.29 is 19.1 Å². The van der Waals surface area contributed by atoms with Gasteiger partial charge in [-0.05, 0) is 0 Å². The highest BCUT2D eigenvalue weighted by atomic mass is 16.6. The Morgan fingerprint density at radius 2 is 2.40 bits per heavy atom. The zero-order valence-electron chi connectivity index (χ0n) is 5.57. The maximum atomic E-state index is 10.0. The van der Waals surface area contributed by atoms with E-state index in [2.05, 4.69) is 15.2 Å². The fraction of sp³-hybridized carbons (Fsp3) is 0.600. The zero-order chi connectivity index (χ0) is 7.98. The summed E-state index contributed by atoms with van der Waals surface area (Å²) in [5, 5.41) is 0. The van der Waals surface area contributed by atoms with E-state index in [-0.39, 0.29) is 6.61 Å². The molecule has 0 aliphatic carbocycles. The normalized spacial score (nSPS) is 12.1. The lowest BCUT2D eigenvalue weighted by Crippen LogP contribution is -2.27. The van der Waals surface area contributed by atoms with Gasteiger partial charge in [0.2, 0.25) is 0 Å². The molecule has 0 aliphatic heterocycles. The summed E-state index contributed by atoms with van der Waals surface area (Å²) in [7, 11) is 1.39. The number of hydrogen-bond donors (Lipinski definition) is 1. The molecule has 0 aliphatic rings. The first-order chi connectivity index (χ1) is 4.70. The van der Waals surface area contributed by atoms with Crippen LogP contribution in [0.1, 0.15) is 0 Å². The van der Waals surface area contributed by atoms with Crippen LogP contribution in [0.4, 0.5) is 4.79 Å². The highest BCUT2D eigenvalue weighted by Gasteiger charge is 2.09. The lowest BCUT2D eigenvalue weighted by molar-refractivity contribution is -0.117. The number of methoxy groups -OCH3 is 1. The first-order valence-corrected chi connectivity index (χ1v) is 2.61. The Balaban J connectivity index is 3.59. The van der Waals surface area contributed by atoms with Crippen LogP contribution in [0.5, 0.6) is 0 Å². The smallest absolute Gasteiger partial charge is 0.405 e. The van der Waals surface area contributed by atoms with Gasteiger partial charge in [0.15, 0.2) is 12.4 Å². The van der Waals surface area contributed by atoms with Crippen LogP contribution in [0.25, 0.3) is 0 Å². The monoisotopic (exact) mass is 147 g/mol. The Labute approximate surface area is 58.1 Å². The molecule has 2 N–H and O–H groups in total. The second kappa shape index (κ2) is 4.75. The van der Waals surface area contributed by atoms with Crippen LogP contribution in [0.2, 0.25) is 0 Å². The molecule has 0 aromatic rings. The van der Waals surface area contributed by atoms with E-state index in [1.54, 1.807) is 0 Å². The van der Waals surface area contributed by atoms with Crippen molar-refractivity contribution in [3.63, 3.8) is 0 Å². The molecule has 1 amide bonds. The number of ether oxygens (including phenoxy) is 2. The fourth-order valence-corrected chi connectivity index (χ4v) is 0.415. The van der Waals surface area contributed by atoms with Crippen LogP contribution >= 0.6 is 0 Å².